The van der Waals surface area contributed by atoms with Crippen molar-refractivity contribution < 1.29 is 4.55 Å². The lowest BCUT2D eigenvalue weighted by Gasteiger charge is -2.17. The van der Waals surface area contributed by atoms with Crippen molar-refractivity contribution in [3.05, 3.63) is 37.0 Å². The van der Waals surface area contributed by atoms with Crippen LogP contribution in [0.25, 0.3) is 0 Å². The summed E-state index contributed by atoms with van der Waals surface area (Å²) in [7, 11) is 0. The zero-order chi connectivity index (χ0) is 8.74. The Morgan fingerprint density at radius 1 is 1.27 bits per heavy atom. The first-order valence-corrected chi connectivity index (χ1v) is 4.26. The number of allylic oxidation sites excluding steroid dienone is 2. The van der Waals surface area contributed by atoms with Gasteiger partial charge in [-0.25, -0.2) is 0 Å². The normalized spacial score (nSPS) is 17.4. The Bertz CT molecular complexity index is 158. The van der Waals surface area contributed by atoms with Gasteiger partial charge >= 0.3 is 0 Å². The van der Waals surface area contributed by atoms with Crippen LogP contribution in [0, 0.1) is 0 Å². The Morgan fingerprint density at radius 2 is 1.73 bits per heavy atom. The van der Waals surface area contributed by atoms with Gasteiger partial charge in [-0.3, -0.25) is 0 Å². The Kier molecular flexibility index (Phi) is 4.99. The molecule has 1 nitrogen and oxygen atoms in total. The monoisotopic (exact) mass is 170 g/mol. The summed E-state index contributed by atoms with van der Waals surface area (Å²) in [6.07, 6.45) is 9.28. The van der Waals surface area contributed by atoms with Crippen molar-refractivity contribution in [1.82, 2.24) is 0 Å². The van der Waals surface area contributed by atoms with E-state index in [2.05, 4.69) is 6.58 Å². The van der Waals surface area contributed by atoms with Gasteiger partial charge in [0.1, 0.15) is 0 Å². The molecule has 0 saturated heterocycles. The summed E-state index contributed by atoms with van der Waals surface area (Å²) in [6.45, 7) is 7.49. The average Bonchev–Trinajstić information content (AvgIpc) is 2.04. The van der Waals surface area contributed by atoms with E-state index in [9.17, 15) is 0 Å². The molecule has 0 bridgehead atoms. The maximum atomic E-state index is 8.98. The van der Waals surface area contributed by atoms with Gasteiger partial charge in [0.2, 0.25) is 0 Å². The van der Waals surface area contributed by atoms with Crippen LogP contribution in [0.4, 0.5) is 0 Å². The van der Waals surface area contributed by atoms with E-state index in [0.717, 1.165) is 12.0 Å². The van der Waals surface area contributed by atoms with Crippen LogP contribution in [0.5, 0.6) is 0 Å². The third-order valence-electron chi connectivity index (χ3n) is 1.33. The fourth-order valence-electron chi connectivity index (χ4n) is 0.811. The number of hydrogen-bond donors (Lipinski definition) is 1. The molecule has 0 unspecified atom stereocenters. The second kappa shape index (κ2) is 5.22. The molecule has 0 spiro atoms. The molecular weight excluding hydrogens is 156 g/mol. The Balaban J connectivity index is 4.59. The molecular formula is C9H14OS. The molecule has 0 fully saturated rings. The zero-order valence-electron chi connectivity index (χ0n) is 6.95. The first-order valence-electron chi connectivity index (χ1n) is 3.48. The molecule has 0 radical (unpaired) electrons. The predicted molar refractivity (Wildman–Crippen MR) is 52.8 cm³/mol. The van der Waals surface area contributed by atoms with Gasteiger partial charge in [0.05, 0.1) is 4.75 Å². The smallest absolute Gasteiger partial charge is 0.0957 e. The summed E-state index contributed by atoms with van der Waals surface area (Å²) in [6, 6.07) is 0. The third-order valence-corrected chi connectivity index (χ3v) is 2.09. The van der Waals surface area contributed by atoms with Crippen molar-refractivity contribution >= 4 is 12.0 Å². The molecule has 0 amide bonds. The van der Waals surface area contributed by atoms with Crippen molar-refractivity contribution in [2.45, 2.75) is 18.6 Å². The summed E-state index contributed by atoms with van der Waals surface area (Å²) in [5.41, 5.74) is 0. The van der Waals surface area contributed by atoms with E-state index in [1.165, 1.54) is 0 Å². The Morgan fingerprint density at radius 3 is 1.91 bits per heavy atom. The summed E-state index contributed by atoms with van der Waals surface area (Å²) in [4.78, 5) is 0. The second-order valence-electron chi connectivity index (χ2n) is 2.15. The lowest BCUT2D eigenvalue weighted by molar-refractivity contribution is 0.654. The molecule has 0 aliphatic heterocycles. The molecule has 0 atom stereocenters. The van der Waals surface area contributed by atoms with E-state index in [-0.39, 0.29) is 0 Å². The molecule has 11 heavy (non-hydrogen) atoms. The van der Waals surface area contributed by atoms with Crippen LogP contribution in [0.1, 0.15) is 13.8 Å². The standard InChI is InChI=1S/C9H14OS/c1-4-7-9(6-3,11-10)8-5-2/h4-8,10H,3H2,1-2H3. The highest BCUT2D eigenvalue weighted by atomic mass is 32.2. The molecule has 0 aliphatic carbocycles. The van der Waals surface area contributed by atoms with E-state index >= 15 is 0 Å². The van der Waals surface area contributed by atoms with Gasteiger partial charge in [-0.15, -0.1) is 6.58 Å². The minimum Gasteiger partial charge on any atom is -0.329 e. The van der Waals surface area contributed by atoms with Crippen molar-refractivity contribution in [2.75, 3.05) is 0 Å². The topological polar surface area (TPSA) is 20.2 Å². The summed E-state index contributed by atoms with van der Waals surface area (Å²) in [5, 5.41) is 0. The van der Waals surface area contributed by atoms with Crippen LogP contribution in [0.2, 0.25) is 0 Å². The Labute approximate surface area is 72.7 Å². The van der Waals surface area contributed by atoms with Crippen LogP contribution in [0.15, 0.2) is 37.0 Å². The molecule has 0 aromatic rings. The summed E-state index contributed by atoms with van der Waals surface area (Å²) < 4.78 is 8.54. The van der Waals surface area contributed by atoms with Gasteiger partial charge in [-0.05, 0) is 13.8 Å². The fourth-order valence-corrected chi connectivity index (χ4v) is 1.28. The molecule has 0 aromatic carbocycles. The van der Waals surface area contributed by atoms with E-state index < -0.39 is 4.75 Å². The third kappa shape index (κ3) is 2.95. The first kappa shape index (κ1) is 10.5. The zero-order valence-corrected chi connectivity index (χ0v) is 7.77. The average molecular weight is 170 g/mol. The van der Waals surface area contributed by atoms with E-state index in [1.54, 1.807) is 6.08 Å². The van der Waals surface area contributed by atoms with E-state index in [0.29, 0.717) is 0 Å². The molecule has 2 heteroatoms. The van der Waals surface area contributed by atoms with Crippen LogP contribution in [-0.4, -0.2) is 9.30 Å². The van der Waals surface area contributed by atoms with Gasteiger partial charge in [0, 0.05) is 12.0 Å². The highest BCUT2D eigenvalue weighted by Gasteiger charge is 2.18. The fraction of sp³-hybridized carbons (Fsp3) is 0.333. The number of rotatable bonds is 4. The molecule has 62 valence electrons. The largest absolute Gasteiger partial charge is 0.329 e. The van der Waals surface area contributed by atoms with Gasteiger partial charge < -0.3 is 4.55 Å². The van der Waals surface area contributed by atoms with E-state index in [1.807, 2.05) is 38.2 Å². The van der Waals surface area contributed by atoms with E-state index in [4.69, 9.17) is 4.55 Å². The Hall–Kier alpha value is -0.470. The van der Waals surface area contributed by atoms with Gasteiger partial charge in [-0.2, -0.15) is 0 Å². The minimum atomic E-state index is -0.441. The van der Waals surface area contributed by atoms with Crippen molar-refractivity contribution in [3.63, 3.8) is 0 Å². The molecule has 0 rings (SSSR count). The van der Waals surface area contributed by atoms with Gasteiger partial charge in [0.25, 0.3) is 0 Å². The van der Waals surface area contributed by atoms with Crippen LogP contribution >= 0.6 is 12.0 Å². The van der Waals surface area contributed by atoms with Gasteiger partial charge in [-0.1, -0.05) is 30.4 Å². The first-order chi connectivity index (χ1) is 5.24. The summed E-state index contributed by atoms with van der Waals surface area (Å²) >= 11 is 0.775. The quantitative estimate of drug-likeness (QED) is 0.516. The maximum absolute atomic E-state index is 8.98. The highest BCUT2D eigenvalue weighted by molar-refractivity contribution is 7.95. The molecule has 1 N–H and O–H groups in total. The lowest BCUT2D eigenvalue weighted by Crippen LogP contribution is -2.13. The molecule has 0 saturated carbocycles. The van der Waals surface area contributed by atoms with Crippen molar-refractivity contribution in [3.8, 4) is 0 Å². The second-order valence-corrected chi connectivity index (χ2v) is 3.04. The summed E-state index contributed by atoms with van der Waals surface area (Å²) in [5.74, 6) is 0. The molecule has 0 heterocycles. The van der Waals surface area contributed by atoms with Crippen LogP contribution < -0.4 is 0 Å². The highest BCUT2D eigenvalue weighted by Crippen LogP contribution is 2.27. The van der Waals surface area contributed by atoms with Crippen LogP contribution in [0.3, 0.4) is 0 Å². The van der Waals surface area contributed by atoms with Crippen LogP contribution in [-0.2, 0) is 0 Å². The minimum absolute atomic E-state index is 0.441. The molecule has 0 aliphatic rings. The SMILES string of the molecule is C=CC(C=CC)(C=CC)SO. The predicted octanol–water partition coefficient (Wildman–Crippen LogP) is 3.27. The molecule has 0 aromatic heterocycles. The lowest BCUT2D eigenvalue weighted by atomic mass is 10.1. The van der Waals surface area contributed by atoms with Gasteiger partial charge in [0.15, 0.2) is 0 Å². The maximum Gasteiger partial charge on any atom is 0.0957 e. The van der Waals surface area contributed by atoms with Crippen molar-refractivity contribution in [2.24, 2.45) is 0 Å². The van der Waals surface area contributed by atoms with Crippen molar-refractivity contribution in [1.29, 1.82) is 0 Å². The number of hydrogen-bond acceptors (Lipinski definition) is 2.